The monoisotopic (exact) mass is 314 g/mol. The van der Waals surface area contributed by atoms with Crippen LogP contribution in [0.15, 0.2) is 29.4 Å². The van der Waals surface area contributed by atoms with Crippen molar-refractivity contribution in [2.45, 2.75) is 25.4 Å². The van der Waals surface area contributed by atoms with Gasteiger partial charge in [-0.25, -0.2) is 5.43 Å². The molecule has 0 spiro atoms. The third-order valence-electron chi connectivity index (χ3n) is 3.37. The van der Waals surface area contributed by atoms with Gasteiger partial charge in [-0.05, 0) is 31.4 Å². The standard InChI is InChI=1S/C14H13F3N2O3/c15-14(16,17)12(21)8-5-3-6-10(8)18-19-13(22)9-4-1-2-7-11(9)20/h1-2,4,7-8,20H,3,5-6H2,(H,19,22)/b18-10-. The van der Waals surface area contributed by atoms with E-state index >= 15 is 0 Å². The number of halogens is 3. The molecule has 118 valence electrons. The molecular weight excluding hydrogens is 301 g/mol. The second-order valence-corrected chi connectivity index (χ2v) is 4.87. The summed E-state index contributed by atoms with van der Waals surface area (Å²) in [6.45, 7) is 0. The van der Waals surface area contributed by atoms with E-state index in [4.69, 9.17) is 0 Å². The van der Waals surface area contributed by atoms with E-state index in [1.807, 2.05) is 0 Å². The molecule has 1 fully saturated rings. The lowest BCUT2D eigenvalue weighted by atomic mass is 10.0. The summed E-state index contributed by atoms with van der Waals surface area (Å²) in [7, 11) is 0. The van der Waals surface area contributed by atoms with Crippen molar-refractivity contribution in [2.24, 2.45) is 11.0 Å². The van der Waals surface area contributed by atoms with Crippen LogP contribution >= 0.6 is 0 Å². The van der Waals surface area contributed by atoms with Gasteiger partial charge in [-0.1, -0.05) is 12.1 Å². The van der Waals surface area contributed by atoms with Gasteiger partial charge in [0.25, 0.3) is 5.91 Å². The molecule has 2 rings (SSSR count). The Hall–Kier alpha value is -2.38. The van der Waals surface area contributed by atoms with E-state index in [-0.39, 0.29) is 29.9 Å². The number of aromatic hydroxyl groups is 1. The molecule has 0 heterocycles. The zero-order chi connectivity index (χ0) is 16.3. The van der Waals surface area contributed by atoms with Crippen molar-refractivity contribution in [3.8, 4) is 5.75 Å². The molecule has 1 atom stereocenters. The molecule has 1 aromatic carbocycles. The van der Waals surface area contributed by atoms with Crippen LogP contribution in [0, 0.1) is 5.92 Å². The maximum Gasteiger partial charge on any atom is 0.450 e. The molecule has 0 saturated heterocycles. The number of phenols is 1. The van der Waals surface area contributed by atoms with E-state index in [1.54, 1.807) is 0 Å². The summed E-state index contributed by atoms with van der Waals surface area (Å²) in [5, 5.41) is 13.1. The number of ketones is 1. The second-order valence-electron chi connectivity index (χ2n) is 4.87. The zero-order valence-electron chi connectivity index (χ0n) is 11.4. The number of hydrogen-bond acceptors (Lipinski definition) is 4. The minimum atomic E-state index is -4.92. The highest BCUT2D eigenvalue weighted by Crippen LogP contribution is 2.30. The molecule has 0 bridgehead atoms. The number of carbonyl (C=O) groups is 2. The molecule has 1 aliphatic rings. The Morgan fingerprint density at radius 3 is 2.59 bits per heavy atom. The lowest BCUT2D eigenvalue weighted by Crippen LogP contribution is -2.33. The topological polar surface area (TPSA) is 78.8 Å². The predicted octanol–water partition coefficient (Wildman–Crippen LogP) is 2.41. The average molecular weight is 314 g/mol. The Morgan fingerprint density at radius 2 is 1.95 bits per heavy atom. The van der Waals surface area contributed by atoms with E-state index in [0.29, 0.717) is 6.42 Å². The molecule has 0 aromatic heterocycles. The van der Waals surface area contributed by atoms with Crippen molar-refractivity contribution in [1.29, 1.82) is 0 Å². The fraction of sp³-hybridized carbons (Fsp3) is 0.357. The van der Waals surface area contributed by atoms with Gasteiger partial charge < -0.3 is 5.11 Å². The number of phenolic OH excluding ortho intramolecular Hbond substituents is 1. The van der Waals surface area contributed by atoms with E-state index in [9.17, 15) is 27.9 Å². The van der Waals surface area contributed by atoms with Crippen LogP contribution in [-0.4, -0.2) is 28.7 Å². The zero-order valence-corrected chi connectivity index (χ0v) is 11.4. The minimum absolute atomic E-state index is 0.00564. The van der Waals surface area contributed by atoms with Crippen molar-refractivity contribution < 1.29 is 27.9 Å². The maximum atomic E-state index is 12.5. The number of hydrogen-bond donors (Lipinski definition) is 2. The highest BCUT2D eigenvalue weighted by Gasteiger charge is 2.46. The summed E-state index contributed by atoms with van der Waals surface area (Å²) in [5.41, 5.74) is 2.04. The van der Waals surface area contributed by atoms with Crippen LogP contribution in [0.4, 0.5) is 13.2 Å². The Morgan fingerprint density at radius 1 is 1.27 bits per heavy atom. The van der Waals surface area contributed by atoms with Gasteiger partial charge in [0.15, 0.2) is 0 Å². The highest BCUT2D eigenvalue weighted by atomic mass is 19.4. The summed E-state index contributed by atoms with van der Waals surface area (Å²) in [6, 6.07) is 5.69. The van der Waals surface area contributed by atoms with Gasteiger partial charge >= 0.3 is 6.18 Å². The first-order chi connectivity index (χ1) is 10.3. The van der Waals surface area contributed by atoms with Crippen LogP contribution in [0.2, 0.25) is 0 Å². The van der Waals surface area contributed by atoms with Crippen molar-refractivity contribution in [2.75, 3.05) is 0 Å². The van der Waals surface area contributed by atoms with Gasteiger partial charge in [0, 0.05) is 5.71 Å². The molecule has 0 aliphatic heterocycles. The van der Waals surface area contributed by atoms with E-state index in [1.165, 1.54) is 24.3 Å². The molecule has 1 saturated carbocycles. The first-order valence-electron chi connectivity index (χ1n) is 6.56. The van der Waals surface area contributed by atoms with Gasteiger partial charge in [-0.3, -0.25) is 9.59 Å². The maximum absolute atomic E-state index is 12.5. The summed E-state index contributed by atoms with van der Waals surface area (Å²) >= 11 is 0. The van der Waals surface area contributed by atoms with E-state index in [2.05, 4.69) is 10.5 Å². The Labute approximate surface area is 123 Å². The largest absolute Gasteiger partial charge is 0.507 e. The molecule has 5 nitrogen and oxygen atoms in total. The van der Waals surface area contributed by atoms with Crippen molar-refractivity contribution in [1.82, 2.24) is 5.43 Å². The molecular formula is C14H13F3N2O3. The number of nitrogens with one attached hydrogen (secondary N) is 1. The number of Topliss-reactive ketones (excluding diaryl/α,β-unsaturated/α-hetero) is 1. The molecule has 2 N–H and O–H groups in total. The van der Waals surface area contributed by atoms with Gasteiger partial charge in [0.05, 0.1) is 11.5 Å². The SMILES string of the molecule is O=C(N/N=C1/CCCC1C(=O)C(F)(F)F)c1ccccc1O. The van der Waals surface area contributed by atoms with E-state index < -0.39 is 23.8 Å². The van der Waals surface area contributed by atoms with Crippen molar-refractivity contribution in [3.63, 3.8) is 0 Å². The number of amides is 1. The Balaban J connectivity index is 2.11. The fourth-order valence-corrected chi connectivity index (χ4v) is 2.29. The van der Waals surface area contributed by atoms with Crippen molar-refractivity contribution >= 4 is 17.4 Å². The quantitative estimate of drug-likeness (QED) is 0.841. The van der Waals surface area contributed by atoms with E-state index in [0.717, 1.165) is 0 Å². The summed E-state index contributed by atoms with van der Waals surface area (Å²) in [6.07, 6.45) is -4.24. The number of hydrazone groups is 1. The third kappa shape index (κ3) is 3.44. The number of rotatable bonds is 3. The number of benzene rings is 1. The molecule has 1 unspecified atom stereocenters. The Kier molecular flexibility index (Phi) is 4.48. The first kappa shape index (κ1) is 16.0. The minimum Gasteiger partial charge on any atom is -0.507 e. The summed E-state index contributed by atoms with van der Waals surface area (Å²) in [4.78, 5) is 23.1. The molecule has 0 radical (unpaired) electrons. The van der Waals surface area contributed by atoms with Gasteiger partial charge in [-0.2, -0.15) is 18.3 Å². The molecule has 22 heavy (non-hydrogen) atoms. The average Bonchev–Trinajstić information content (AvgIpc) is 2.91. The molecule has 1 aromatic rings. The number of nitrogens with zero attached hydrogens (tertiary/aromatic N) is 1. The van der Waals surface area contributed by atoms with Crippen LogP contribution in [0.1, 0.15) is 29.6 Å². The second kappa shape index (κ2) is 6.17. The number of alkyl halides is 3. The Bertz CT molecular complexity index is 626. The first-order valence-corrected chi connectivity index (χ1v) is 6.56. The van der Waals surface area contributed by atoms with Crippen LogP contribution in [0.25, 0.3) is 0 Å². The number of para-hydroxylation sites is 1. The smallest absolute Gasteiger partial charge is 0.450 e. The van der Waals surface area contributed by atoms with Gasteiger partial charge in [0.1, 0.15) is 5.75 Å². The molecule has 8 heteroatoms. The predicted molar refractivity (Wildman–Crippen MR) is 71.4 cm³/mol. The lowest BCUT2D eigenvalue weighted by Gasteiger charge is -2.12. The number of carbonyl (C=O) groups excluding carboxylic acids is 2. The third-order valence-corrected chi connectivity index (χ3v) is 3.37. The normalized spacial score (nSPS) is 20.1. The van der Waals surface area contributed by atoms with Crippen LogP contribution < -0.4 is 5.43 Å². The van der Waals surface area contributed by atoms with Crippen LogP contribution in [0.5, 0.6) is 5.75 Å². The highest BCUT2D eigenvalue weighted by molar-refractivity contribution is 6.09. The molecule has 1 amide bonds. The van der Waals surface area contributed by atoms with Crippen molar-refractivity contribution in [3.05, 3.63) is 29.8 Å². The van der Waals surface area contributed by atoms with Crippen LogP contribution in [-0.2, 0) is 4.79 Å². The van der Waals surface area contributed by atoms with Crippen LogP contribution in [0.3, 0.4) is 0 Å². The lowest BCUT2D eigenvalue weighted by molar-refractivity contribution is -0.173. The van der Waals surface area contributed by atoms with Gasteiger partial charge in [-0.15, -0.1) is 0 Å². The molecule has 1 aliphatic carbocycles. The summed E-state index contributed by atoms with van der Waals surface area (Å²) in [5.74, 6) is -4.21. The van der Waals surface area contributed by atoms with Gasteiger partial charge in [0.2, 0.25) is 5.78 Å². The summed E-state index contributed by atoms with van der Waals surface area (Å²) < 4.78 is 37.4. The fourth-order valence-electron chi connectivity index (χ4n) is 2.29.